The summed E-state index contributed by atoms with van der Waals surface area (Å²) >= 11 is 1.44. The molecule has 3 nitrogen and oxygen atoms in total. The molecule has 0 spiro atoms. The van der Waals surface area contributed by atoms with Crippen LogP contribution in [0, 0.1) is 0 Å². The van der Waals surface area contributed by atoms with Gasteiger partial charge in [-0.1, -0.05) is 6.07 Å². The first-order valence-corrected chi connectivity index (χ1v) is 4.43. The van der Waals surface area contributed by atoms with Gasteiger partial charge in [-0.25, -0.2) is 0 Å². The fourth-order valence-corrected chi connectivity index (χ4v) is 2.06. The van der Waals surface area contributed by atoms with Crippen molar-refractivity contribution in [3.63, 3.8) is 0 Å². The standard InChI is InChI=1S/C8H9N3S/c9-4-6-8-5(10)2-1-3-7(8)12-11-6/h1-3H,4,9-10H2. The van der Waals surface area contributed by atoms with Crippen LogP contribution in [0.5, 0.6) is 0 Å². The van der Waals surface area contributed by atoms with Gasteiger partial charge in [0.15, 0.2) is 0 Å². The van der Waals surface area contributed by atoms with Gasteiger partial charge < -0.3 is 11.5 Å². The number of nitrogen functional groups attached to an aromatic ring is 1. The highest BCUT2D eigenvalue weighted by Crippen LogP contribution is 2.27. The Morgan fingerprint density at radius 1 is 1.42 bits per heavy atom. The van der Waals surface area contributed by atoms with Gasteiger partial charge in [-0.05, 0) is 23.7 Å². The normalized spacial score (nSPS) is 10.8. The third-order valence-electron chi connectivity index (χ3n) is 1.79. The van der Waals surface area contributed by atoms with Crippen molar-refractivity contribution in [1.82, 2.24) is 4.37 Å². The number of fused-ring (bicyclic) bond motifs is 1. The van der Waals surface area contributed by atoms with Crippen molar-refractivity contribution in [3.8, 4) is 0 Å². The van der Waals surface area contributed by atoms with Crippen LogP contribution < -0.4 is 11.5 Å². The number of benzene rings is 1. The largest absolute Gasteiger partial charge is 0.398 e. The molecule has 4 heteroatoms. The summed E-state index contributed by atoms with van der Waals surface area (Å²) < 4.78 is 5.32. The first-order chi connectivity index (χ1) is 5.83. The Morgan fingerprint density at radius 3 is 3.00 bits per heavy atom. The van der Waals surface area contributed by atoms with Crippen molar-refractivity contribution in [3.05, 3.63) is 23.9 Å². The van der Waals surface area contributed by atoms with E-state index in [1.165, 1.54) is 11.5 Å². The van der Waals surface area contributed by atoms with Crippen LogP contribution in [0.1, 0.15) is 5.69 Å². The summed E-state index contributed by atoms with van der Waals surface area (Å²) in [4.78, 5) is 0. The monoisotopic (exact) mass is 179 g/mol. The predicted octanol–water partition coefficient (Wildman–Crippen LogP) is 1.34. The highest BCUT2D eigenvalue weighted by atomic mass is 32.1. The van der Waals surface area contributed by atoms with Crippen molar-refractivity contribution in [2.24, 2.45) is 5.73 Å². The van der Waals surface area contributed by atoms with E-state index >= 15 is 0 Å². The molecule has 62 valence electrons. The number of nitrogens with two attached hydrogens (primary N) is 2. The Balaban J connectivity index is 2.83. The first-order valence-electron chi connectivity index (χ1n) is 3.65. The minimum atomic E-state index is 0.453. The van der Waals surface area contributed by atoms with Crippen LogP contribution in [0.25, 0.3) is 10.1 Å². The quantitative estimate of drug-likeness (QED) is 0.649. The van der Waals surface area contributed by atoms with Crippen molar-refractivity contribution < 1.29 is 0 Å². The third-order valence-corrected chi connectivity index (χ3v) is 2.64. The minimum absolute atomic E-state index is 0.453. The molecule has 0 saturated heterocycles. The molecule has 0 aliphatic rings. The fourth-order valence-electron chi connectivity index (χ4n) is 1.22. The van der Waals surface area contributed by atoms with Crippen LogP contribution in [0.4, 0.5) is 5.69 Å². The molecule has 0 bridgehead atoms. The van der Waals surface area contributed by atoms with Gasteiger partial charge in [-0.15, -0.1) is 0 Å². The zero-order valence-corrected chi connectivity index (χ0v) is 7.27. The summed E-state index contributed by atoms with van der Waals surface area (Å²) in [6.45, 7) is 0.453. The number of rotatable bonds is 1. The van der Waals surface area contributed by atoms with E-state index < -0.39 is 0 Å². The molecule has 1 aromatic carbocycles. The number of aromatic nitrogens is 1. The molecular formula is C8H9N3S. The Bertz CT molecular complexity index is 408. The molecule has 12 heavy (non-hydrogen) atoms. The smallest absolute Gasteiger partial charge is 0.0777 e. The van der Waals surface area contributed by atoms with Crippen molar-refractivity contribution >= 4 is 27.3 Å². The van der Waals surface area contributed by atoms with Crippen LogP contribution in [-0.4, -0.2) is 4.37 Å². The lowest BCUT2D eigenvalue weighted by atomic mass is 10.2. The van der Waals surface area contributed by atoms with E-state index in [1.54, 1.807) is 0 Å². The first kappa shape index (κ1) is 7.52. The summed E-state index contributed by atoms with van der Waals surface area (Å²) in [5.41, 5.74) is 13.0. The van der Waals surface area contributed by atoms with Gasteiger partial charge in [0.2, 0.25) is 0 Å². The van der Waals surface area contributed by atoms with E-state index in [4.69, 9.17) is 11.5 Å². The number of anilines is 1. The Labute approximate surface area is 74.2 Å². The highest BCUT2D eigenvalue weighted by molar-refractivity contribution is 7.13. The van der Waals surface area contributed by atoms with Crippen LogP contribution in [-0.2, 0) is 6.54 Å². The average Bonchev–Trinajstić information content (AvgIpc) is 2.49. The molecule has 0 fully saturated rings. The molecule has 0 atom stereocenters. The lowest BCUT2D eigenvalue weighted by Crippen LogP contribution is -1.97. The van der Waals surface area contributed by atoms with Crippen molar-refractivity contribution in [2.75, 3.05) is 5.73 Å². The summed E-state index contributed by atoms with van der Waals surface area (Å²) in [5, 5.41) is 1.02. The van der Waals surface area contributed by atoms with Crippen LogP contribution in [0.2, 0.25) is 0 Å². The molecular weight excluding hydrogens is 170 g/mol. The molecule has 2 rings (SSSR count). The molecule has 1 heterocycles. The van der Waals surface area contributed by atoms with Crippen molar-refractivity contribution in [2.45, 2.75) is 6.54 Å². The lowest BCUT2D eigenvalue weighted by Gasteiger charge is -1.96. The third kappa shape index (κ3) is 0.964. The molecule has 0 saturated carbocycles. The zero-order chi connectivity index (χ0) is 8.55. The van der Waals surface area contributed by atoms with E-state index in [-0.39, 0.29) is 0 Å². The zero-order valence-electron chi connectivity index (χ0n) is 6.45. The highest BCUT2D eigenvalue weighted by Gasteiger charge is 2.06. The van der Waals surface area contributed by atoms with Crippen LogP contribution in [0.3, 0.4) is 0 Å². The molecule has 0 aliphatic carbocycles. The fraction of sp³-hybridized carbons (Fsp3) is 0.125. The summed E-state index contributed by atoms with van der Waals surface area (Å²) in [7, 11) is 0. The van der Waals surface area contributed by atoms with Crippen molar-refractivity contribution in [1.29, 1.82) is 0 Å². The maximum atomic E-state index is 5.79. The van der Waals surface area contributed by atoms with Gasteiger partial charge >= 0.3 is 0 Å². The lowest BCUT2D eigenvalue weighted by molar-refractivity contribution is 1.04. The number of hydrogen-bond donors (Lipinski definition) is 2. The van der Waals surface area contributed by atoms with Gasteiger partial charge in [-0.2, -0.15) is 4.37 Å². The van der Waals surface area contributed by atoms with E-state index in [0.717, 1.165) is 21.5 Å². The summed E-state index contributed by atoms with van der Waals surface area (Å²) in [5.74, 6) is 0. The minimum Gasteiger partial charge on any atom is -0.398 e. The van der Waals surface area contributed by atoms with Gasteiger partial charge in [0.1, 0.15) is 0 Å². The second-order valence-corrected chi connectivity index (χ2v) is 3.36. The van der Waals surface area contributed by atoms with Gasteiger partial charge in [0, 0.05) is 17.6 Å². The molecule has 1 aromatic heterocycles. The number of hydrogen-bond acceptors (Lipinski definition) is 4. The van der Waals surface area contributed by atoms with E-state index in [1.807, 2.05) is 18.2 Å². The van der Waals surface area contributed by atoms with E-state index in [2.05, 4.69) is 4.37 Å². The SMILES string of the molecule is NCc1nsc2cccc(N)c12. The van der Waals surface area contributed by atoms with E-state index in [9.17, 15) is 0 Å². The second-order valence-electron chi connectivity index (χ2n) is 2.55. The molecule has 0 unspecified atom stereocenters. The van der Waals surface area contributed by atoms with Gasteiger partial charge in [-0.3, -0.25) is 0 Å². The molecule has 4 N–H and O–H groups in total. The predicted molar refractivity (Wildman–Crippen MR) is 51.9 cm³/mol. The van der Waals surface area contributed by atoms with Gasteiger partial charge in [0.25, 0.3) is 0 Å². The van der Waals surface area contributed by atoms with Crippen LogP contribution >= 0.6 is 11.5 Å². The second kappa shape index (κ2) is 2.73. The molecule has 0 amide bonds. The van der Waals surface area contributed by atoms with Gasteiger partial charge in [0.05, 0.1) is 10.4 Å². The van der Waals surface area contributed by atoms with Crippen LogP contribution in [0.15, 0.2) is 18.2 Å². The topological polar surface area (TPSA) is 64.9 Å². The Hall–Kier alpha value is -1.13. The average molecular weight is 179 g/mol. The molecule has 2 aromatic rings. The van der Waals surface area contributed by atoms with E-state index in [0.29, 0.717) is 6.54 Å². The maximum absolute atomic E-state index is 5.79. The maximum Gasteiger partial charge on any atom is 0.0777 e. The number of nitrogens with zero attached hydrogens (tertiary/aromatic N) is 1. The molecule has 0 radical (unpaired) electrons. The Kier molecular flexibility index (Phi) is 1.71. The molecule has 0 aliphatic heterocycles. The Morgan fingerprint density at radius 2 is 2.25 bits per heavy atom. The summed E-state index contributed by atoms with van der Waals surface area (Å²) in [6, 6.07) is 5.80. The summed E-state index contributed by atoms with van der Waals surface area (Å²) in [6.07, 6.45) is 0.